The molecule has 11 nitrogen and oxygen atoms in total. The van der Waals surface area contributed by atoms with Gasteiger partial charge in [0.25, 0.3) is 5.56 Å². The Hall–Kier alpha value is -4.80. The number of nitrogens with two attached hydrogens (primary N) is 1. The summed E-state index contributed by atoms with van der Waals surface area (Å²) < 4.78 is 15.8. The molecule has 0 aliphatic heterocycles. The van der Waals surface area contributed by atoms with E-state index in [1.165, 1.54) is 25.3 Å². The van der Waals surface area contributed by atoms with Crippen molar-refractivity contribution in [1.82, 2.24) is 4.98 Å². The first kappa shape index (κ1) is 23.9. The van der Waals surface area contributed by atoms with Gasteiger partial charge in [-0.25, -0.2) is 14.4 Å². The fourth-order valence-electron chi connectivity index (χ4n) is 3.20. The Balaban J connectivity index is 1.77. The SMILES string of the molecule is COC(=O)c1ccc(OCCOc2cccc(-c3c(C(=O)O)c(N)[nH]c(=O)c3C(=O)O)c2)cc1. The van der Waals surface area contributed by atoms with E-state index in [1.807, 2.05) is 0 Å². The monoisotopic (exact) mass is 468 g/mol. The number of pyridine rings is 1. The van der Waals surface area contributed by atoms with E-state index in [2.05, 4.69) is 9.72 Å². The van der Waals surface area contributed by atoms with Crippen molar-refractivity contribution in [2.45, 2.75) is 0 Å². The summed E-state index contributed by atoms with van der Waals surface area (Å²) in [5.74, 6) is -3.24. The Bertz CT molecular complexity index is 1300. The van der Waals surface area contributed by atoms with E-state index >= 15 is 0 Å². The number of nitrogens with one attached hydrogen (secondary N) is 1. The second-order valence-electron chi connectivity index (χ2n) is 6.84. The van der Waals surface area contributed by atoms with Gasteiger partial charge in [-0.2, -0.15) is 0 Å². The van der Waals surface area contributed by atoms with Crippen LogP contribution in [0.1, 0.15) is 31.1 Å². The van der Waals surface area contributed by atoms with Crippen LogP contribution < -0.4 is 20.8 Å². The lowest BCUT2D eigenvalue weighted by Crippen LogP contribution is -2.24. The topological polar surface area (TPSA) is 178 Å². The van der Waals surface area contributed by atoms with Crippen LogP contribution in [0.25, 0.3) is 11.1 Å². The average molecular weight is 468 g/mol. The number of aromatic nitrogens is 1. The number of carbonyl (C=O) groups excluding carboxylic acids is 1. The molecule has 34 heavy (non-hydrogen) atoms. The number of benzene rings is 2. The molecule has 3 rings (SSSR count). The first-order chi connectivity index (χ1) is 16.2. The van der Waals surface area contributed by atoms with E-state index < -0.39 is 40.4 Å². The maximum atomic E-state index is 12.2. The van der Waals surface area contributed by atoms with Crippen LogP contribution >= 0.6 is 0 Å². The number of hydrogen-bond acceptors (Lipinski definition) is 8. The van der Waals surface area contributed by atoms with Crippen molar-refractivity contribution in [2.75, 3.05) is 26.1 Å². The molecule has 0 spiro atoms. The molecule has 2 aromatic carbocycles. The van der Waals surface area contributed by atoms with Crippen LogP contribution in [0.3, 0.4) is 0 Å². The minimum atomic E-state index is -1.60. The first-order valence-corrected chi connectivity index (χ1v) is 9.79. The van der Waals surface area contributed by atoms with E-state index in [1.54, 1.807) is 30.3 Å². The van der Waals surface area contributed by atoms with Gasteiger partial charge in [0.05, 0.1) is 12.7 Å². The molecule has 176 valence electrons. The molecule has 0 aliphatic rings. The zero-order chi connectivity index (χ0) is 24.8. The summed E-state index contributed by atoms with van der Waals surface area (Å²) in [5, 5.41) is 19.0. The molecule has 5 N–H and O–H groups in total. The van der Waals surface area contributed by atoms with Gasteiger partial charge in [0, 0.05) is 5.56 Å². The number of H-pyrrole nitrogens is 1. The van der Waals surface area contributed by atoms with Gasteiger partial charge in [-0.3, -0.25) is 4.79 Å². The van der Waals surface area contributed by atoms with Gasteiger partial charge < -0.3 is 35.1 Å². The van der Waals surface area contributed by atoms with Crippen molar-refractivity contribution in [2.24, 2.45) is 0 Å². The molecule has 0 radical (unpaired) electrons. The van der Waals surface area contributed by atoms with Gasteiger partial charge >= 0.3 is 17.9 Å². The summed E-state index contributed by atoms with van der Waals surface area (Å²) >= 11 is 0. The minimum Gasteiger partial charge on any atom is -0.490 e. The van der Waals surface area contributed by atoms with Crippen LogP contribution in [0.4, 0.5) is 5.82 Å². The Morgan fingerprint density at radius 3 is 2.12 bits per heavy atom. The van der Waals surface area contributed by atoms with E-state index in [-0.39, 0.29) is 30.1 Å². The number of aromatic amines is 1. The van der Waals surface area contributed by atoms with E-state index in [0.29, 0.717) is 11.3 Å². The number of anilines is 1. The van der Waals surface area contributed by atoms with Crippen molar-refractivity contribution in [1.29, 1.82) is 0 Å². The first-order valence-electron chi connectivity index (χ1n) is 9.79. The number of rotatable bonds is 9. The zero-order valence-corrected chi connectivity index (χ0v) is 17.9. The molecule has 0 bridgehead atoms. The molecule has 0 unspecified atom stereocenters. The molecule has 0 saturated carbocycles. The normalized spacial score (nSPS) is 10.4. The molecular formula is C23H20N2O9. The zero-order valence-electron chi connectivity index (χ0n) is 17.9. The molecule has 0 atom stereocenters. The summed E-state index contributed by atoms with van der Waals surface area (Å²) in [6.45, 7) is 0.234. The molecule has 11 heteroatoms. The fraction of sp³-hybridized carbons (Fsp3) is 0.130. The van der Waals surface area contributed by atoms with Crippen LogP contribution in [0.5, 0.6) is 11.5 Å². The summed E-state index contributed by atoms with van der Waals surface area (Å²) in [6, 6.07) is 12.3. The third kappa shape index (κ3) is 5.15. The molecule has 0 saturated heterocycles. The van der Waals surface area contributed by atoms with Crippen LogP contribution in [-0.4, -0.2) is 53.4 Å². The summed E-state index contributed by atoms with van der Waals surface area (Å²) in [5.41, 5.74) is 3.53. The van der Waals surface area contributed by atoms with Crippen molar-refractivity contribution < 1.29 is 38.8 Å². The Morgan fingerprint density at radius 1 is 0.912 bits per heavy atom. The molecule has 0 aliphatic carbocycles. The van der Waals surface area contributed by atoms with E-state index in [4.69, 9.17) is 15.2 Å². The number of carboxylic acids is 2. The number of carboxylic acid groups (broad SMARTS) is 2. The smallest absolute Gasteiger partial charge is 0.342 e. The van der Waals surface area contributed by atoms with E-state index in [0.717, 1.165) is 0 Å². The van der Waals surface area contributed by atoms with Gasteiger partial charge in [-0.1, -0.05) is 12.1 Å². The molecule has 1 heterocycles. The van der Waals surface area contributed by atoms with Crippen LogP contribution in [0.15, 0.2) is 53.3 Å². The van der Waals surface area contributed by atoms with Gasteiger partial charge in [-0.15, -0.1) is 0 Å². The highest BCUT2D eigenvalue weighted by atomic mass is 16.5. The highest BCUT2D eigenvalue weighted by molar-refractivity contribution is 6.07. The number of nitrogen functional groups attached to an aromatic ring is 1. The second kappa shape index (κ2) is 10.2. The maximum Gasteiger partial charge on any atom is 0.342 e. The highest BCUT2D eigenvalue weighted by Gasteiger charge is 2.26. The van der Waals surface area contributed by atoms with Gasteiger partial charge in [-0.05, 0) is 42.0 Å². The predicted molar refractivity (Wildman–Crippen MR) is 120 cm³/mol. The average Bonchev–Trinajstić information content (AvgIpc) is 2.80. The summed E-state index contributed by atoms with van der Waals surface area (Å²) in [4.78, 5) is 49.1. The molecule has 0 fully saturated rings. The van der Waals surface area contributed by atoms with Crippen molar-refractivity contribution >= 4 is 23.7 Å². The van der Waals surface area contributed by atoms with E-state index in [9.17, 15) is 29.4 Å². The highest BCUT2D eigenvalue weighted by Crippen LogP contribution is 2.31. The quantitative estimate of drug-likeness (QED) is 0.269. The van der Waals surface area contributed by atoms with Crippen LogP contribution in [0, 0.1) is 0 Å². The Labute approximate surface area is 192 Å². The maximum absolute atomic E-state index is 12.2. The summed E-state index contributed by atoms with van der Waals surface area (Å²) in [6.07, 6.45) is 0. The standard InChI is InChI=1S/C23H20N2O9/c1-32-23(31)12-5-7-14(8-6-12)33-9-10-34-15-4-2-3-13(11-15)16-17(21(27)28)19(24)25-20(26)18(16)22(29)30/h2-8,11H,9-10H2,1H3,(H,27,28)(H,29,30)(H3,24,25,26). The second-order valence-corrected chi connectivity index (χ2v) is 6.84. The van der Waals surface area contributed by atoms with Crippen LogP contribution in [0.2, 0.25) is 0 Å². The lowest BCUT2D eigenvalue weighted by molar-refractivity contribution is 0.0598. The fourth-order valence-corrected chi connectivity index (χ4v) is 3.20. The van der Waals surface area contributed by atoms with Crippen molar-refractivity contribution in [3.63, 3.8) is 0 Å². The van der Waals surface area contributed by atoms with Gasteiger partial charge in [0.1, 0.15) is 41.7 Å². The van der Waals surface area contributed by atoms with Crippen LogP contribution in [-0.2, 0) is 4.74 Å². The van der Waals surface area contributed by atoms with Gasteiger partial charge in [0.2, 0.25) is 0 Å². The molecule has 0 amide bonds. The number of aromatic carboxylic acids is 2. The third-order valence-electron chi connectivity index (χ3n) is 4.69. The lowest BCUT2D eigenvalue weighted by Gasteiger charge is -2.14. The van der Waals surface area contributed by atoms with Crippen molar-refractivity contribution in [3.05, 3.63) is 75.6 Å². The molecule has 1 aromatic heterocycles. The Kier molecular flexibility index (Phi) is 7.16. The molecule has 3 aromatic rings. The molecular weight excluding hydrogens is 448 g/mol. The van der Waals surface area contributed by atoms with Crippen molar-refractivity contribution in [3.8, 4) is 22.6 Å². The number of carbonyl (C=O) groups is 3. The number of hydrogen-bond donors (Lipinski definition) is 4. The van der Waals surface area contributed by atoms with Gasteiger partial charge in [0.15, 0.2) is 0 Å². The Morgan fingerprint density at radius 2 is 1.53 bits per heavy atom. The largest absolute Gasteiger partial charge is 0.490 e. The lowest BCUT2D eigenvalue weighted by atomic mass is 9.95. The summed E-state index contributed by atoms with van der Waals surface area (Å²) in [7, 11) is 1.29. The number of ether oxygens (including phenoxy) is 3. The number of esters is 1. The predicted octanol–water partition coefficient (Wildman–Crippen LogP) is 2.26. The minimum absolute atomic E-state index is 0.0945. The number of methoxy groups -OCH3 is 1. The third-order valence-corrected chi connectivity index (χ3v) is 4.69.